The monoisotopic (exact) mass is 565 g/mol. The zero-order chi connectivity index (χ0) is 25.8. The number of halogens is 4. The lowest BCUT2D eigenvalue weighted by Crippen LogP contribution is -2.42. The summed E-state index contributed by atoms with van der Waals surface area (Å²) in [6.45, 7) is 0.538. The number of carbonyl (C=O) groups excluding carboxylic acids is 2. The Balaban J connectivity index is 1.75. The van der Waals surface area contributed by atoms with Gasteiger partial charge in [-0.2, -0.15) is 0 Å². The summed E-state index contributed by atoms with van der Waals surface area (Å²) in [7, 11) is 1.54. The Hall–Kier alpha value is -2.81. The summed E-state index contributed by atoms with van der Waals surface area (Å²) in [6, 6.07) is 14.7. The van der Waals surface area contributed by atoms with E-state index in [1.165, 1.54) is 25.3 Å². The van der Waals surface area contributed by atoms with E-state index in [1.807, 2.05) is 0 Å². The first-order valence-corrected chi connectivity index (χ1v) is 12.1. The van der Waals surface area contributed by atoms with Crippen LogP contribution in [0.2, 0.25) is 20.1 Å². The molecule has 36 heavy (non-hydrogen) atoms. The molecule has 0 bridgehead atoms. The highest BCUT2D eigenvalue weighted by molar-refractivity contribution is 6.44. The fraction of sp³-hybridized carbons (Fsp3) is 0.160. The summed E-state index contributed by atoms with van der Waals surface area (Å²) in [5, 5.41) is 6.59. The molecule has 7 nitrogen and oxygen atoms in total. The third kappa shape index (κ3) is 5.77. The fourth-order valence-electron chi connectivity index (χ4n) is 3.56. The number of benzodiazepines with no additional fused rings is 1. The highest BCUT2D eigenvalue weighted by atomic mass is 35.5. The van der Waals surface area contributed by atoms with E-state index in [0.29, 0.717) is 39.2 Å². The first-order chi connectivity index (χ1) is 17.3. The van der Waals surface area contributed by atoms with Crippen molar-refractivity contribution >= 4 is 69.6 Å². The van der Waals surface area contributed by atoms with Crippen LogP contribution in [-0.2, 0) is 9.53 Å². The molecule has 0 saturated carbocycles. The number of amides is 2. The van der Waals surface area contributed by atoms with Crippen LogP contribution < -0.4 is 15.4 Å². The van der Waals surface area contributed by atoms with E-state index >= 15 is 0 Å². The molecule has 11 heteroatoms. The van der Waals surface area contributed by atoms with E-state index in [9.17, 15) is 9.59 Å². The maximum Gasteiger partial charge on any atom is 0.269 e. The molecular weight excluding hydrogens is 548 g/mol. The van der Waals surface area contributed by atoms with Gasteiger partial charge in [0.2, 0.25) is 6.17 Å². The zero-order valence-corrected chi connectivity index (χ0v) is 21.8. The Morgan fingerprint density at radius 2 is 1.72 bits per heavy atom. The molecule has 2 N–H and O–H groups in total. The number of nitrogens with one attached hydrogen (secondary N) is 2. The summed E-state index contributed by atoms with van der Waals surface area (Å²) in [5.74, 6) is -0.900. The molecule has 3 aromatic carbocycles. The van der Waals surface area contributed by atoms with Gasteiger partial charge in [0.05, 0.1) is 33.6 Å². The van der Waals surface area contributed by atoms with Crippen molar-refractivity contribution < 1.29 is 19.1 Å². The van der Waals surface area contributed by atoms with Gasteiger partial charge in [-0.3, -0.25) is 9.59 Å². The minimum absolute atomic E-state index is 0.132. The third-order valence-corrected chi connectivity index (χ3v) is 6.24. The van der Waals surface area contributed by atoms with Gasteiger partial charge in [0.1, 0.15) is 12.4 Å². The molecule has 0 saturated heterocycles. The summed E-state index contributed by atoms with van der Waals surface area (Å²) in [6.07, 6.45) is -1.33. The van der Waals surface area contributed by atoms with Gasteiger partial charge in [0.15, 0.2) is 0 Å². The van der Waals surface area contributed by atoms with Crippen LogP contribution in [0.25, 0.3) is 0 Å². The van der Waals surface area contributed by atoms with Crippen LogP contribution in [0, 0.1) is 0 Å². The second-order valence-corrected chi connectivity index (χ2v) is 9.30. The molecule has 1 unspecified atom stereocenters. The van der Waals surface area contributed by atoms with Crippen LogP contribution in [0.15, 0.2) is 59.6 Å². The van der Waals surface area contributed by atoms with Gasteiger partial charge in [0, 0.05) is 28.3 Å². The number of methoxy groups -OCH3 is 1. The Kier molecular flexibility index (Phi) is 8.39. The smallest absolute Gasteiger partial charge is 0.269 e. The molecule has 2 amide bonds. The average Bonchev–Trinajstić information content (AvgIpc) is 2.96. The normalized spacial score (nSPS) is 14.9. The maximum absolute atomic E-state index is 13.3. The van der Waals surface area contributed by atoms with E-state index in [2.05, 4.69) is 15.6 Å². The molecule has 0 aromatic heterocycles. The second-order valence-electron chi connectivity index (χ2n) is 7.61. The fourth-order valence-corrected chi connectivity index (χ4v) is 4.73. The number of hydrogen-bond acceptors (Lipinski definition) is 5. The first-order valence-electron chi connectivity index (χ1n) is 10.6. The number of fused-ring (bicyclic) bond motifs is 1. The van der Waals surface area contributed by atoms with Gasteiger partial charge < -0.3 is 20.1 Å². The van der Waals surface area contributed by atoms with Crippen molar-refractivity contribution in [2.45, 2.75) is 6.17 Å². The summed E-state index contributed by atoms with van der Waals surface area (Å²) >= 11 is 25.2. The molecule has 1 aliphatic heterocycles. The highest BCUT2D eigenvalue weighted by Crippen LogP contribution is 2.34. The van der Waals surface area contributed by atoms with Crippen LogP contribution in [0.4, 0.5) is 5.69 Å². The topological polar surface area (TPSA) is 89.0 Å². The lowest BCUT2D eigenvalue weighted by Gasteiger charge is -2.16. The van der Waals surface area contributed by atoms with E-state index in [-0.39, 0.29) is 28.0 Å². The molecule has 3 aromatic rings. The maximum atomic E-state index is 13.3. The number of nitrogens with zero attached hydrogens (tertiary/aromatic N) is 1. The third-order valence-electron chi connectivity index (χ3n) is 5.19. The number of benzene rings is 3. The molecule has 0 fully saturated rings. The van der Waals surface area contributed by atoms with Gasteiger partial charge >= 0.3 is 0 Å². The van der Waals surface area contributed by atoms with E-state index < -0.39 is 18.0 Å². The number of ether oxygens (including phenoxy) is 2. The summed E-state index contributed by atoms with van der Waals surface area (Å²) in [5.41, 5.74) is 1.86. The molecule has 1 heterocycles. The first kappa shape index (κ1) is 26.3. The van der Waals surface area contributed by atoms with Crippen molar-refractivity contribution in [2.75, 3.05) is 25.6 Å². The molecule has 1 atom stereocenters. The van der Waals surface area contributed by atoms with Gasteiger partial charge in [-0.1, -0.05) is 64.6 Å². The second kappa shape index (κ2) is 11.5. The minimum atomic E-state index is -1.33. The largest absolute Gasteiger partial charge is 0.490 e. The standard InChI is InChI=1S/C25H19Cl4N3O4/c1-35-8-9-36-20-7-6-13(26)10-16(20)24(33)32-23-25(34)30-19-5-3-2-4-15(19)22(31-23)21-17(28)11-14(27)12-18(21)29/h2-7,10-12,23H,8-9H2,1H3,(H,30,34)(H,32,33). The van der Waals surface area contributed by atoms with Gasteiger partial charge in [-0.15, -0.1) is 0 Å². The number of rotatable bonds is 7. The minimum Gasteiger partial charge on any atom is -0.490 e. The van der Waals surface area contributed by atoms with Crippen molar-refractivity contribution in [2.24, 2.45) is 4.99 Å². The molecule has 0 aliphatic carbocycles. The lowest BCUT2D eigenvalue weighted by molar-refractivity contribution is -0.117. The number of aliphatic imine (C=N–C) groups is 1. The number of para-hydroxylation sites is 1. The quantitative estimate of drug-likeness (QED) is 0.350. The molecule has 4 rings (SSSR count). The van der Waals surface area contributed by atoms with Crippen LogP contribution in [0.3, 0.4) is 0 Å². The number of carbonyl (C=O) groups is 2. The summed E-state index contributed by atoms with van der Waals surface area (Å²) in [4.78, 5) is 31.0. The Bertz CT molecular complexity index is 1340. The number of hydrogen-bond donors (Lipinski definition) is 2. The Morgan fingerprint density at radius 3 is 2.44 bits per heavy atom. The molecular formula is C25H19Cl4N3O4. The SMILES string of the molecule is COCCOc1ccc(Cl)cc1C(=O)NC1N=C(c2c(Cl)cc(Cl)cc2Cl)c2ccccc2NC1=O. The van der Waals surface area contributed by atoms with Crippen molar-refractivity contribution in [3.63, 3.8) is 0 Å². The van der Waals surface area contributed by atoms with Crippen LogP contribution in [-0.4, -0.2) is 44.0 Å². The van der Waals surface area contributed by atoms with Gasteiger partial charge in [0.25, 0.3) is 11.8 Å². The van der Waals surface area contributed by atoms with E-state index in [4.69, 9.17) is 55.9 Å². The Labute approximate surface area is 227 Å². The predicted octanol–water partition coefficient (Wildman–Crippen LogP) is 5.87. The van der Waals surface area contributed by atoms with Crippen molar-refractivity contribution in [3.05, 3.63) is 91.4 Å². The molecule has 1 aliphatic rings. The van der Waals surface area contributed by atoms with Gasteiger partial charge in [-0.05, 0) is 36.4 Å². The molecule has 0 radical (unpaired) electrons. The van der Waals surface area contributed by atoms with Crippen molar-refractivity contribution in [1.82, 2.24) is 5.32 Å². The zero-order valence-electron chi connectivity index (χ0n) is 18.8. The highest BCUT2D eigenvalue weighted by Gasteiger charge is 2.30. The van der Waals surface area contributed by atoms with E-state index in [0.717, 1.165) is 0 Å². The van der Waals surface area contributed by atoms with Crippen LogP contribution >= 0.6 is 46.4 Å². The summed E-state index contributed by atoms with van der Waals surface area (Å²) < 4.78 is 10.6. The number of anilines is 1. The van der Waals surface area contributed by atoms with Crippen LogP contribution in [0.5, 0.6) is 5.75 Å². The average molecular weight is 567 g/mol. The van der Waals surface area contributed by atoms with Crippen molar-refractivity contribution in [1.29, 1.82) is 0 Å². The Morgan fingerprint density at radius 1 is 1.00 bits per heavy atom. The van der Waals surface area contributed by atoms with Crippen LogP contribution in [0.1, 0.15) is 21.5 Å². The van der Waals surface area contributed by atoms with E-state index in [1.54, 1.807) is 36.4 Å². The van der Waals surface area contributed by atoms with Crippen molar-refractivity contribution in [3.8, 4) is 5.75 Å². The molecule has 186 valence electrons. The lowest BCUT2D eigenvalue weighted by atomic mass is 10.0. The molecule has 0 spiro atoms. The van der Waals surface area contributed by atoms with Gasteiger partial charge in [-0.25, -0.2) is 4.99 Å². The predicted molar refractivity (Wildman–Crippen MR) is 142 cm³/mol.